The third-order valence-corrected chi connectivity index (χ3v) is 1.80. The zero-order valence-corrected chi connectivity index (χ0v) is 7.07. The van der Waals surface area contributed by atoms with Crippen LogP contribution in [0.1, 0.15) is 5.69 Å². The molecule has 0 atom stereocenters. The van der Waals surface area contributed by atoms with E-state index in [9.17, 15) is 0 Å². The van der Waals surface area contributed by atoms with E-state index in [2.05, 4.69) is 15.1 Å². The van der Waals surface area contributed by atoms with Crippen molar-refractivity contribution >= 4 is 0 Å². The van der Waals surface area contributed by atoms with Gasteiger partial charge in [0.05, 0.1) is 23.9 Å². The van der Waals surface area contributed by atoms with Crippen LogP contribution >= 0.6 is 0 Å². The maximum atomic E-state index is 4.24. The molecule has 0 aromatic carbocycles. The van der Waals surface area contributed by atoms with E-state index in [0.717, 1.165) is 17.0 Å². The number of aromatic amines is 1. The monoisotopic (exact) mass is 162 g/mol. The van der Waals surface area contributed by atoms with Crippen LogP contribution in [0.25, 0.3) is 11.3 Å². The quantitative estimate of drug-likeness (QED) is 0.683. The lowest BCUT2D eigenvalue weighted by molar-refractivity contribution is 0.756. The Morgan fingerprint density at radius 1 is 1.50 bits per heavy atom. The predicted octanol–water partition coefficient (Wildman–Crippen LogP) is 1.12. The minimum Gasteiger partial charge on any atom is -0.345 e. The molecule has 2 aromatic heterocycles. The van der Waals surface area contributed by atoms with E-state index in [1.165, 1.54) is 0 Å². The molecule has 0 aliphatic carbocycles. The summed E-state index contributed by atoms with van der Waals surface area (Å²) in [4.78, 5) is 7.00. The van der Waals surface area contributed by atoms with Gasteiger partial charge in [0.2, 0.25) is 0 Å². The molecule has 2 heterocycles. The number of aryl methyl sites for hydroxylation is 2. The van der Waals surface area contributed by atoms with E-state index in [4.69, 9.17) is 0 Å². The summed E-state index contributed by atoms with van der Waals surface area (Å²) in [5.74, 6) is 0. The molecule has 12 heavy (non-hydrogen) atoms. The van der Waals surface area contributed by atoms with E-state index in [1.54, 1.807) is 17.2 Å². The van der Waals surface area contributed by atoms with Crippen LogP contribution < -0.4 is 0 Å². The van der Waals surface area contributed by atoms with Crippen LogP contribution in [0.3, 0.4) is 0 Å². The van der Waals surface area contributed by atoms with Crippen LogP contribution in [0.4, 0.5) is 0 Å². The Balaban J connectivity index is 2.54. The van der Waals surface area contributed by atoms with E-state index >= 15 is 0 Å². The van der Waals surface area contributed by atoms with Crippen LogP contribution in [0, 0.1) is 6.92 Å². The van der Waals surface area contributed by atoms with Crippen molar-refractivity contribution < 1.29 is 0 Å². The Labute approximate surface area is 70.3 Å². The molecule has 62 valence electrons. The third-order valence-electron chi connectivity index (χ3n) is 1.80. The fourth-order valence-corrected chi connectivity index (χ4v) is 1.27. The van der Waals surface area contributed by atoms with Crippen molar-refractivity contribution in [3.8, 4) is 11.3 Å². The molecule has 0 unspecified atom stereocenters. The summed E-state index contributed by atoms with van der Waals surface area (Å²) >= 11 is 0. The summed E-state index contributed by atoms with van der Waals surface area (Å²) in [6.07, 6.45) is 5.44. The largest absolute Gasteiger partial charge is 0.345 e. The van der Waals surface area contributed by atoms with E-state index in [1.807, 2.05) is 20.2 Å². The van der Waals surface area contributed by atoms with Crippen LogP contribution in [0.15, 0.2) is 18.7 Å². The molecule has 0 bridgehead atoms. The smallest absolute Gasteiger partial charge is 0.0924 e. The van der Waals surface area contributed by atoms with Crippen molar-refractivity contribution in [3.63, 3.8) is 0 Å². The highest BCUT2D eigenvalue weighted by molar-refractivity contribution is 5.59. The van der Waals surface area contributed by atoms with Gasteiger partial charge in [0.1, 0.15) is 0 Å². The molecule has 0 fully saturated rings. The Morgan fingerprint density at radius 3 is 2.83 bits per heavy atom. The predicted molar refractivity (Wildman–Crippen MR) is 45.5 cm³/mol. The van der Waals surface area contributed by atoms with Gasteiger partial charge in [0.25, 0.3) is 0 Å². The van der Waals surface area contributed by atoms with Crippen LogP contribution in [0.2, 0.25) is 0 Å². The minimum atomic E-state index is 1.01. The van der Waals surface area contributed by atoms with Crippen LogP contribution in [-0.4, -0.2) is 19.7 Å². The first-order chi connectivity index (χ1) is 5.77. The SMILES string of the molecule is Cc1nn(C)cc1-c1cnc[nH]1. The van der Waals surface area contributed by atoms with Crippen molar-refractivity contribution in [1.82, 2.24) is 19.7 Å². The number of rotatable bonds is 1. The van der Waals surface area contributed by atoms with E-state index in [0.29, 0.717) is 0 Å². The Bertz CT molecular complexity index is 372. The van der Waals surface area contributed by atoms with Gasteiger partial charge in [0.15, 0.2) is 0 Å². The topological polar surface area (TPSA) is 46.5 Å². The number of imidazole rings is 1. The first-order valence-electron chi connectivity index (χ1n) is 3.76. The second-order valence-corrected chi connectivity index (χ2v) is 2.77. The maximum Gasteiger partial charge on any atom is 0.0924 e. The molecule has 0 saturated carbocycles. The summed E-state index contributed by atoms with van der Waals surface area (Å²) in [7, 11) is 1.91. The minimum absolute atomic E-state index is 1.01. The number of hydrogen-bond donors (Lipinski definition) is 1. The first kappa shape index (κ1) is 7.09. The highest BCUT2D eigenvalue weighted by Gasteiger charge is 2.05. The third kappa shape index (κ3) is 1.01. The fourth-order valence-electron chi connectivity index (χ4n) is 1.27. The van der Waals surface area contributed by atoms with Gasteiger partial charge in [-0.25, -0.2) is 4.98 Å². The highest BCUT2D eigenvalue weighted by Crippen LogP contribution is 2.18. The van der Waals surface area contributed by atoms with Gasteiger partial charge >= 0.3 is 0 Å². The molecular weight excluding hydrogens is 152 g/mol. The average molecular weight is 162 g/mol. The van der Waals surface area contributed by atoms with Gasteiger partial charge in [0, 0.05) is 18.8 Å². The molecule has 0 amide bonds. The Kier molecular flexibility index (Phi) is 1.46. The van der Waals surface area contributed by atoms with Crippen molar-refractivity contribution in [2.24, 2.45) is 7.05 Å². The van der Waals surface area contributed by atoms with Gasteiger partial charge in [-0.1, -0.05) is 0 Å². The zero-order chi connectivity index (χ0) is 8.55. The molecule has 0 spiro atoms. The summed E-state index contributed by atoms with van der Waals surface area (Å²) in [5.41, 5.74) is 3.14. The maximum absolute atomic E-state index is 4.24. The lowest BCUT2D eigenvalue weighted by Gasteiger charge is -1.89. The standard InChI is InChI=1S/C8H10N4/c1-6-7(4-12(2)11-6)8-3-9-5-10-8/h3-5H,1-2H3,(H,9,10). The summed E-state index contributed by atoms with van der Waals surface area (Å²) in [5, 5.41) is 4.24. The molecule has 1 N–H and O–H groups in total. The van der Waals surface area contributed by atoms with Gasteiger partial charge in [-0.2, -0.15) is 5.10 Å². The molecular formula is C8H10N4. The van der Waals surface area contributed by atoms with Gasteiger partial charge in [-0.3, -0.25) is 4.68 Å². The molecule has 0 aliphatic rings. The van der Waals surface area contributed by atoms with Crippen molar-refractivity contribution in [2.45, 2.75) is 6.92 Å². The normalized spacial score (nSPS) is 10.5. The van der Waals surface area contributed by atoms with Crippen LogP contribution in [-0.2, 0) is 7.05 Å². The second-order valence-electron chi connectivity index (χ2n) is 2.77. The molecule has 0 radical (unpaired) electrons. The lowest BCUT2D eigenvalue weighted by atomic mass is 10.2. The molecule has 0 aliphatic heterocycles. The fraction of sp³-hybridized carbons (Fsp3) is 0.250. The Hall–Kier alpha value is -1.58. The van der Waals surface area contributed by atoms with Gasteiger partial charge in [-0.05, 0) is 6.92 Å². The molecule has 2 rings (SSSR count). The van der Waals surface area contributed by atoms with Crippen LogP contribution in [0.5, 0.6) is 0 Å². The molecule has 2 aromatic rings. The number of nitrogens with one attached hydrogen (secondary N) is 1. The number of hydrogen-bond acceptors (Lipinski definition) is 2. The van der Waals surface area contributed by atoms with Crippen molar-refractivity contribution in [3.05, 3.63) is 24.4 Å². The summed E-state index contributed by atoms with van der Waals surface area (Å²) in [6, 6.07) is 0. The first-order valence-corrected chi connectivity index (χ1v) is 3.76. The zero-order valence-electron chi connectivity index (χ0n) is 7.07. The van der Waals surface area contributed by atoms with Gasteiger partial charge in [-0.15, -0.1) is 0 Å². The Morgan fingerprint density at radius 2 is 2.33 bits per heavy atom. The highest BCUT2D eigenvalue weighted by atomic mass is 15.2. The van der Waals surface area contributed by atoms with Crippen molar-refractivity contribution in [2.75, 3.05) is 0 Å². The average Bonchev–Trinajstić information content (AvgIpc) is 2.58. The summed E-state index contributed by atoms with van der Waals surface area (Å²) < 4.78 is 1.80. The molecule has 4 heteroatoms. The van der Waals surface area contributed by atoms with Gasteiger partial charge < -0.3 is 4.98 Å². The van der Waals surface area contributed by atoms with E-state index in [-0.39, 0.29) is 0 Å². The lowest BCUT2D eigenvalue weighted by Crippen LogP contribution is -1.86. The van der Waals surface area contributed by atoms with E-state index < -0.39 is 0 Å². The molecule has 0 saturated heterocycles. The second kappa shape index (κ2) is 2.48. The number of nitrogens with zero attached hydrogens (tertiary/aromatic N) is 3. The number of H-pyrrole nitrogens is 1. The van der Waals surface area contributed by atoms with Crippen molar-refractivity contribution in [1.29, 1.82) is 0 Å². The summed E-state index contributed by atoms with van der Waals surface area (Å²) in [6.45, 7) is 1.98. The number of aromatic nitrogens is 4. The molecule has 4 nitrogen and oxygen atoms in total.